The van der Waals surface area contributed by atoms with Crippen LogP contribution in [0.2, 0.25) is 0 Å². The van der Waals surface area contributed by atoms with Gasteiger partial charge in [0.05, 0.1) is 24.4 Å². The summed E-state index contributed by atoms with van der Waals surface area (Å²) in [7, 11) is 0. The van der Waals surface area contributed by atoms with Crippen LogP contribution in [0.5, 0.6) is 0 Å². The molecule has 2 aromatic rings. The van der Waals surface area contributed by atoms with Crippen molar-refractivity contribution < 1.29 is 23.1 Å². The van der Waals surface area contributed by atoms with Crippen LogP contribution in [0.3, 0.4) is 0 Å². The Morgan fingerprint density at radius 3 is 2.37 bits per heavy atom. The van der Waals surface area contributed by atoms with Crippen LogP contribution in [0.1, 0.15) is 58.8 Å². The van der Waals surface area contributed by atoms with Crippen LogP contribution in [0.15, 0.2) is 18.2 Å². The summed E-state index contributed by atoms with van der Waals surface area (Å²) in [5.41, 5.74) is 1.40. The molecule has 160 valence electrons. The average molecular weight is 417 g/mol. The third kappa shape index (κ3) is 4.63. The largest absolute Gasteiger partial charge is 0.462 e. The van der Waals surface area contributed by atoms with Gasteiger partial charge in [-0.3, -0.25) is 4.79 Å². The van der Waals surface area contributed by atoms with E-state index in [0.717, 1.165) is 12.1 Å². The molecule has 8 heteroatoms. The number of amides is 1. The summed E-state index contributed by atoms with van der Waals surface area (Å²) in [5.74, 6) is -1.66. The molecule has 0 aliphatic carbocycles. The first-order valence-electron chi connectivity index (χ1n) is 10.0. The van der Waals surface area contributed by atoms with E-state index in [1.807, 2.05) is 0 Å². The Bertz CT molecular complexity index is 937. The topological polar surface area (TPSA) is 72.4 Å². The molecule has 0 unspecified atom stereocenters. The van der Waals surface area contributed by atoms with Crippen molar-refractivity contribution in [3.05, 3.63) is 58.2 Å². The summed E-state index contributed by atoms with van der Waals surface area (Å²) in [6.45, 7) is 6.36. The summed E-state index contributed by atoms with van der Waals surface area (Å²) in [6.07, 6.45) is 0.866. The number of piperidine rings is 1. The van der Waals surface area contributed by atoms with E-state index < -0.39 is 17.6 Å². The number of aryl methyl sites for hydroxylation is 2. The van der Waals surface area contributed by atoms with E-state index in [-0.39, 0.29) is 30.4 Å². The number of benzene rings is 1. The molecule has 1 saturated heterocycles. The SMILES string of the molecule is CCOC(=O)c1c(C)nc(C)nc1C1CCN(C(=O)Cc2c(F)cccc2F)CC1. The highest BCUT2D eigenvalue weighted by atomic mass is 19.1. The monoisotopic (exact) mass is 417 g/mol. The van der Waals surface area contributed by atoms with Crippen LogP contribution >= 0.6 is 0 Å². The Hall–Kier alpha value is -2.90. The van der Waals surface area contributed by atoms with E-state index in [9.17, 15) is 18.4 Å². The zero-order chi connectivity index (χ0) is 21.8. The summed E-state index contributed by atoms with van der Waals surface area (Å²) in [5, 5.41) is 0. The van der Waals surface area contributed by atoms with Crippen molar-refractivity contribution in [3.63, 3.8) is 0 Å². The molecule has 0 spiro atoms. The van der Waals surface area contributed by atoms with Crippen LogP contribution in [0, 0.1) is 25.5 Å². The molecule has 0 bridgehead atoms. The minimum absolute atomic E-state index is 0.0287. The number of rotatable bonds is 5. The van der Waals surface area contributed by atoms with Gasteiger partial charge in [-0.05, 0) is 45.7 Å². The van der Waals surface area contributed by atoms with Gasteiger partial charge in [-0.15, -0.1) is 0 Å². The lowest BCUT2D eigenvalue weighted by atomic mass is 9.89. The normalized spacial score (nSPS) is 14.6. The second kappa shape index (κ2) is 9.28. The van der Waals surface area contributed by atoms with Crippen molar-refractivity contribution in [2.24, 2.45) is 0 Å². The number of carbonyl (C=O) groups excluding carboxylic acids is 2. The van der Waals surface area contributed by atoms with Crippen molar-refractivity contribution >= 4 is 11.9 Å². The highest BCUT2D eigenvalue weighted by Gasteiger charge is 2.30. The van der Waals surface area contributed by atoms with Crippen LogP contribution in [-0.4, -0.2) is 46.4 Å². The lowest BCUT2D eigenvalue weighted by Crippen LogP contribution is -2.39. The Morgan fingerprint density at radius 1 is 1.13 bits per heavy atom. The third-order valence-corrected chi connectivity index (χ3v) is 5.33. The molecule has 1 amide bonds. The molecule has 2 heterocycles. The number of likely N-dealkylation sites (tertiary alicyclic amines) is 1. The van der Waals surface area contributed by atoms with E-state index in [4.69, 9.17) is 4.74 Å². The number of carbonyl (C=O) groups is 2. The number of ether oxygens (including phenoxy) is 1. The minimum atomic E-state index is -0.718. The molecule has 1 fully saturated rings. The van der Waals surface area contributed by atoms with Gasteiger partial charge in [0.15, 0.2) is 0 Å². The van der Waals surface area contributed by atoms with Gasteiger partial charge in [0.2, 0.25) is 5.91 Å². The summed E-state index contributed by atoms with van der Waals surface area (Å²) >= 11 is 0. The van der Waals surface area contributed by atoms with Gasteiger partial charge >= 0.3 is 5.97 Å². The molecule has 30 heavy (non-hydrogen) atoms. The van der Waals surface area contributed by atoms with Gasteiger partial charge in [-0.2, -0.15) is 0 Å². The van der Waals surface area contributed by atoms with Gasteiger partial charge in [0.25, 0.3) is 0 Å². The molecule has 1 aromatic heterocycles. The van der Waals surface area contributed by atoms with Crippen LogP contribution in [0.4, 0.5) is 8.78 Å². The molecule has 1 aromatic carbocycles. The highest BCUT2D eigenvalue weighted by molar-refractivity contribution is 5.92. The lowest BCUT2D eigenvalue weighted by molar-refractivity contribution is -0.131. The average Bonchev–Trinajstić information content (AvgIpc) is 2.70. The smallest absolute Gasteiger partial charge is 0.341 e. The maximum Gasteiger partial charge on any atom is 0.341 e. The molecule has 0 N–H and O–H groups in total. The fourth-order valence-electron chi connectivity index (χ4n) is 3.86. The Balaban J connectivity index is 1.73. The van der Waals surface area contributed by atoms with Gasteiger partial charge in [0, 0.05) is 24.6 Å². The quantitative estimate of drug-likeness (QED) is 0.697. The molecule has 1 aliphatic rings. The van der Waals surface area contributed by atoms with E-state index in [0.29, 0.717) is 48.7 Å². The zero-order valence-corrected chi connectivity index (χ0v) is 17.4. The summed E-state index contributed by atoms with van der Waals surface area (Å²) in [6, 6.07) is 3.57. The zero-order valence-electron chi connectivity index (χ0n) is 17.4. The molecule has 6 nitrogen and oxygen atoms in total. The van der Waals surface area contributed by atoms with E-state index in [1.54, 1.807) is 25.7 Å². The van der Waals surface area contributed by atoms with Crippen molar-refractivity contribution in [2.75, 3.05) is 19.7 Å². The number of aromatic nitrogens is 2. The van der Waals surface area contributed by atoms with Crippen molar-refractivity contribution in [1.29, 1.82) is 0 Å². The van der Waals surface area contributed by atoms with E-state index >= 15 is 0 Å². The fraction of sp³-hybridized carbons (Fsp3) is 0.455. The minimum Gasteiger partial charge on any atom is -0.462 e. The summed E-state index contributed by atoms with van der Waals surface area (Å²) in [4.78, 5) is 35.4. The Kier molecular flexibility index (Phi) is 6.74. The number of halogens is 2. The standard InChI is InChI=1S/C22H25F2N3O3/c1-4-30-22(29)20-13(2)25-14(3)26-21(20)15-8-10-27(11-9-15)19(28)12-16-17(23)6-5-7-18(16)24/h5-7,15H,4,8-12H2,1-3H3. The van der Waals surface area contributed by atoms with Gasteiger partial charge in [-0.25, -0.2) is 23.5 Å². The molecule has 1 aliphatic heterocycles. The first-order chi connectivity index (χ1) is 14.3. The second-order valence-electron chi connectivity index (χ2n) is 7.37. The molecule has 0 saturated carbocycles. The Morgan fingerprint density at radius 2 is 1.77 bits per heavy atom. The number of esters is 1. The Labute approximate surface area is 174 Å². The van der Waals surface area contributed by atoms with E-state index in [1.165, 1.54) is 6.07 Å². The van der Waals surface area contributed by atoms with Gasteiger partial charge in [-0.1, -0.05) is 6.07 Å². The van der Waals surface area contributed by atoms with Crippen molar-refractivity contribution in [2.45, 2.75) is 46.0 Å². The summed E-state index contributed by atoms with van der Waals surface area (Å²) < 4.78 is 32.9. The van der Waals surface area contributed by atoms with Gasteiger partial charge < -0.3 is 9.64 Å². The first kappa shape index (κ1) is 21.8. The van der Waals surface area contributed by atoms with Crippen molar-refractivity contribution in [3.8, 4) is 0 Å². The number of hydrogen-bond donors (Lipinski definition) is 0. The molecular formula is C22H25F2N3O3. The first-order valence-corrected chi connectivity index (χ1v) is 10.0. The van der Waals surface area contributed by atoms with E-state index in [2.05, 4.69) is 9.97 Å². The number of nitrogens with zero attached hydrogens (tertiary/aromatic N) is 3. The van der Waals surface area contributed by atoms with Crippen LogP contribution in [0.25, 0.3) is 0 Å². The predicted octanol–water partition coefficient (Wildman–Crippen LogP) is 3.50. The fourth-order valence-corrected chi connectivity index (χ4v) is 3.86. The molecule has 3 rings (SSSR count). The number of hydrogen-bond acceptors (Lipinski definition) is 5. The van der Waals surface area contributed by atoms with Crippen LogP contribution in [-0.2, 0) is 16.0 Å². The third-order valence-electron chi connectivity index (χ3n) is 5.33. The molecular weight excluding hydrogens is 392 g/mol. The maximum atomic E-state index is 13.9. The van der Waals surface area contributed by atoms with Crippen LogP contribution < -0.4 is 0 Å². The van der Waals surface area contributed by atoms with Crippen molar-refractivity contribution in [1.82, 2.24) is 14.9 Å². The predicted molar refractivity (Wildman–Crippen MR) is 106 cm³/mol. The highest BCUT2D eigenvalue weighted by Crippen LogP contribution is 2.31. The molecule has 0 radical (unpaired) electrons. The molecule has 0 atom stereocenters. The van der Waals surface area contributed by atoms with Gasteiger partial charge in [0.1, 0.15) is 23.0 Å². The maximum absolute atomic E-state index is 13.9. The second-order valence-corrected chi connectivity index (χ2v) is 7.37. The lowest BCUT2D eigenvalue weighted by Gasteiger charge is -2.32.